The van der Waals surface area contributed by atoms with E-state index in [1.165, 1.54) is 6.07 Å². The maximum atomic E-state index is 13.4. The molecule has 2 N–H and O–H groups in total. The molecule has 1 amide bonds. The van der Waals surface area contributed by atoms with Gasteiger partial charge < -0.3 is 15.2 Å². The highest BCUT2D eigenvalue weighted by atomic mass is 19.1. The topological polar surface area (TPSA) is 94.2 Å². The van der Waals surface area contributed by atoms with Gasteiger partial charge in [-0.15, -0.1) is 0 Å². The lowest BCUT2D eigenvalue weighted by Gasteiger charge is -2.39. The quantitative estimate of drug-likeness (QED) is 0.633. The Balaban J connectivity index is 1.21. The van der Waals surface area contributed by atoms with Crippen molar-refractivity contribution in [2.24, 2.45) is 0 Å². The molecular formula is C24H27FN6O2. The number of hydrogen-bond acceptors (Lipinski definition) is 6. The maximum Gasteiger partial charge on any atom is 0.269 e. The molecular weight excluding hydrogens is 423 g/mol. The Labute approximate surface area is 190 Å². The number of H-pyrrole nitrogens is 1. The second-order valence-electron chi connectivity index (χ2n) is 8.81. The van der Waals surface area contributed by atoms with E-state index >= 15 is 0 Å². The van der Waals surface area contributed by atoms with Crippen molar-refractivity contribution in [2.45, 2.75) is 31.2 Å². The largest absolute Gasteiger partial charge is 0.368 e. The molecule has 1 aliphatic carbocycles. The van der Waals surface area contributed by atoms with E-state index in [-0.39, 0.29) is 17.4 Å². The summed E-state index contributed by atoms with van der Waals surface area (Å²) in [5, 5.41) is 2.88. The summed E-state index contributed by atoms with van der Waals surface area (Å²) in [6, 6.07) is 7.33. The molecule has 2 fully saturated rings. The SMILES string of the molecule is CNC(=O)c1ccc(N2CCN([C@@H]3CCC(c4cc5ncc(F)cc5c(=O)[nH]4)C3)CC2)cn1. The number of halogens is 1. The third-order valence-electron chi connectivity index (χ3n) is 6.93. The molecule has 33 heavy (non-hydrogen) atoms. The minimum Gasteiger partial charge on any atom is -0.368 e. The van der Waals surface area contributed by atoms with Gasteiger partial charge in [0.2, 0.25) is 0 Å². The van der Waals surface area contributed by atoms with E-state index in [1.807, 2.05) is 12.1 Å². The molecule has 172 valence electrons. The van der Waals surface area contributed by atoms with Crippen molar-refractivity contribution in [3.05, 3.63) is 64.2 Å². The fourth-order valence-electron chi connectivity index (χ4n) is 5.10. The monoisotopic (exact) mass is 450 g/mol. The van der Waals surface area contributed by atoms with E-state index in [0.717, 1.165) is 63.0 Å². The fraction of sp³-hybridized carbons (Fsp3) is 0.417. The Morgan fingerprint density at radius 1 is 1.12 bits per heavy atom. The van der Waals surface area contributed by atoms with Crippen LogP contribution in [0.4, 0.5) is 10.1 Å². The van der Waals surface area contributed by atoms with Crippen LogP contribution in [-0.2, 0) is 0 Å². The van der Waals surface area contributed by atoms with Crippen molar-refractivity contribution in [3.63, 3.8) is 0 Å². The second kappa shape index (κ2) is 8.90. The van der Waals surface area contributed by atoms with Crippen LogP contribution in [0.3, 0.4) is 0 Å². The summed E-state index contributed by atoms with van der Waals surface area (Å²) in [6.07, 6.45) is 6.01. The van der Waals surface area contributed by atoms with Gasteiger partial charge in [-0.05, 0) is 43.5 Å². The molecule has 1 unspecified atom stereocenters. The summed E-state index contributed by atoms with van der Waals surface area (Å²) >= 11 is 0. The number of nitrogens with one attached hydrogen (secondary N) is 2. The molecule has 3 aromatic heterocycles. The number of piperazine rings is 1. The highest BCUT2D eigenvalue weighted by Gasteiger charge is 2.32. The predicted molar refractivity (Wildman–Crippen MR) is 124 cm³/mol. The predicted octanol–water partition coefficient (Wildman–Crippen LogP) is 2.28. The van der Waals surface area contributed by atoms with E-state index in [9.17, 15) is 14.0 Å². The standard InChI is InChI=1S/C24H27FN6O2/c1-26-24(33)20-5-4-18(14-28-20)31-8-6-30(7-9-31)17-3-2-15(10-17)21-12-22-19(23(32)29-21)11-16(25)13-27-22/h4-5,11-15,17H,2-3,6-10H2,1H3,(H,26,33)(H,29,32)/t15?,17-/m1/s1. The summed E-state index contributed by atoms with van der Waals surface area (Å²) in [4.78, 5) is 40.3. The van der Waals surface area contributed by atoms with E-state index in [0.29, 0.717) is 22.6 Å². The van der Waals surface area contributed by atoms with Crippen LogP contribution in [0.5, 0.6) is 0 Å². The highest BCUT2D eigenvalue weighted by molar-refractivity contribution is 5.92. The Hall–Kier alpha value is -3.33. The number of carbonyl (C=O) groups excluding carboxylic acids is 1. The molecule has 0 spiro atoms. The van der Waals surface area contributed by atoms with Crippen LogP contribution < -0.4 is 15.8 Å². The molecule has 3 aromatic rings. The van der Waals surface area contributed by atoms with Gasteiger partial charge in [0.05, 0.1) is 29.0 Å². The summed E-state index contributed by atoms with van der Waals surface area (Å²) < 4.78 is 13.4. The lowest BCUT2D eigenvalue weighted by molar-refractivity contribution is 0.0958. The van der Waals surface area contributed by atoms with Gasteiger partial charge in [0, 0.05) is 50.9 Å². The number of pyridine rings is 3. The Bertz CT molecular complexity index is 1220. The lowest BCUT2D eigenvalue weighted by Crippen LogP contribution is -2.49. The van der Waals surface area contributed by atoms with E-state index in [2.05, 4.69) is 30.1 Å². The molecule has 4 heterocycles. The minimum absolute atomic E-state index is 0.183. The van der Waals surface area contributed by atoms with Crippen molar-refractivity contribution < 1.29 is 9.18 Å². The number of rotatable bonds is 4. The zero-order valence-corrected chi connectivity index (χ0v) is 18.6. The fourth-order valence-corrected chi connectivity index (χ4v) is 5.10. The van der Waals surface area contributed by atoms with Crippen LogP contribution >= 0.6 is 0 Å². The lowest BCUT2D eigenvalue weighted by atomic mass is 10.0. The molecule has 8 nitrogen and oxygen atoms in total. The maximum absolute atomic E-state index is 13.4. The van der Waals surface area contributed by atoms with Gasteiger partial charge in [0.25, 0.3) is 11.5 Å². The van der Waals surface area contributed by atoms with Gasteiger partial charge in [-0.25, -0.2) is 9.37 Å². The number of amides is 1. The molecule has 0 bridgehead atoms. The molecule has 2 atom stereocenters. The Morgan fingerprint density at radius 2 is 1.94 bits per heavy atom. The van der Waals surface area contributed by atoms with Gasteiger partial charge in [0.1, 0.15) is 11.5 Å². The third-order valence-corrected chi connectivity index (χ3v) is 6.93. The smallest absolute Gasteiger partial charge is 0.269 e. The molecule has 2 aliphatic rings. The first-order valence-corrected chi connectivity index (χ1v) is 11.4. The van der Waals surface area contributed by atoms with Crippen LogP contribution in [-0.4, -0.2) is 65.0 Å². The molecule has 1 aliphatic heterocycles. The molecule has 9 heteroatoms. The number of hydrogen-bond donors (Lipinski definition) is 2. The molecule has 5 rings (SSSR count). The van der Waals surface area contributed by atoms with Crippen molar-refractivity contribution >= 4 is 22.5 Å². The molecule has 0 radical (unpaired) electrons. The first-order valence-electron chi connectivity index (χ1n) is 11.4. The second-order valence-corrected chi connectivity index (χ2v) is 8.81. The van der Waals surface area contributed by atoms with Gasteiger partial charge in [0.15, 0.2) is 0 Å². The summed E-state index contributed by atoms with van der Waals surface area (Å²) in [5.74, 6) is -0.407. The average Bonchev–Trinajstić information content (AvgIpc) is 3.34. The zero-order valence-electron chi connectivity index (χ0n) is 18.6. The van der Waals surface area contributed by atoms with Gasteiger partial charge in [-0.1, -0.05) is 0 Å². The van der Waals surface area contributed by atoms with Crippen LogP contribution in [0.2, 0.25) is 0 Å². The number of fused-ring (bicyclic) bond motifs is 1. The van der Waals surface area contributed by atoms with Gasteiger partial charge in [-0.3, -0.25) is 19.5 Å². The van der Waals surface area contributed by atoms with Crippen molar-refractivity contribution in [2.75, 3.05) is 38.1 Å². The van der Waals surface area contributed by atoms with Crippen LogP contribution in [0, 0.1) is 5.82 Å². The highest BCUT2D eigenvalue weighted by Crippen LogP contribution is 2.36. The van der Waals surface area contributed by atoms with Gasteiger partial charge >= 0.3 is 0 Å². The number of aromatic nitrogens is 3. The molecule has 0 aromatic carbocycles. The summed E-state index contributed by atoms with van der Waals surface area (Å²) in [5.41, 5.74) is 2.62. The first kappa shape index (κ1) is 21.5. The number of nitrogens with zero attached hydrogens (tertiary/aromatic N) is 4. The first-order chi connectivity index (χ1) is 16.0. The van der Waals surface area contributed by atoms with Crippen LogP contribution in [0.1, 0.15) is 41.4 Å². The minimum atomic E-state index is -0.501. The molecule has 1 saturated heterocycles. The molecule has 1 saturated carbocycles. The van der Waals surface area contributed by atoms with E-state index in [4.69, 9.17) is 0 Å². The zero-order chi connectivity index (χ0) is 22.9. The summed E-state index contributed by atoms with van der Waals surface area (Å²) in [6.45, 7) is 3.74. The van der Waals surface area contributed by atoms with E-state index < -0.39 is 5.82 Å². The van der Waals surface area contributed by atoms with Crippen LogP contribution in [0.25, 0.3) is 10.9 Å². The van der Waals surface area contributed by atoms with Crippen molar-refractivity contribution in [1.29, 1.82) is 0 Å². The van der Waals surface area contributed by atoms with E-state index in [1.54, 1.807) is 19.3 Å². The van der Waals surface area contributed by atoms with Gasteiger partial charge in [-0.2, -0.15) is 0 Å². The van der Waals surface area contributed by atoms with Crippen molar-refractivity contribution in [3.8, 4) is 0 Å². The average molecular weight is 451 g/mol. The Kier molecular flexibility index (Phi) is 5.80. The number of anilines is 1. The van der Waals surface area contributed by atoms with Crippen molar-refractivity contribution in [1.82, 2.24) is 25.2 Å². The summed E-state index contributed by atoms with van der Waals surface area (Å²) in [7, 11) is 1.60. The third kappa shape index (κ3) is 4.32. The van der Waals surface area contributed by atoms with Crippen LogP contribution in [0.15, 0.2) is 41.5 Å². The normalized spacial score (nSPS) is 21.5. The Morgan fingerprint density at radius 3 is 2.67 bits per heavy atom. The number of carbonyl (C=O) groups is 1. The number of aromatic amines is 1.